The zero-order valence-electron chi connectivity index (χ0n) is 27.4. The van der Waals surface area contributed by atoms with Gasteiger partial charge in [0.15, 0.2) is 0 Å². The summed E-state index contributed by atoms with van der Waals surface area (Å²) in [6.07, 6.45) is 18.0. The fourth-order valence-electron chi connectivity index (χ4n) is 6.52. The van der Waals surface area contributed by atoms with E-state index in [9.17, 15) is 5.11 Å². The average molecular weight is 553 g/mol. The molecule has 0 heterocycles. The molecule has 1 aromatic rings. The maximum Gasteiger partial charge on any atom is 0.0787 e. The van der Waals surface area contributed by atoms with Gasteiger partial charge in [-0.2, -0.15) is 0 Å². The predicted molar refractivity (Wildman–Crippen MR) is 184 cm³/mol. The lowest BCUT2D eigenvalue weighted by Crippen LogP contribution is -2.40. The molecule has 0 spiro atoms. The molecular weight excluding hydrogens is 484 g/mol. The van der Waals surface area contributed by atoms with Gasteiger partial charge in [-0.3, -0.25) is 0 Å². The number of aliphatic hydroxyl groups excluding tert-OH is 1. The predicted octanol–water partition coefficient (Wildman–Crippen LogP) is 12.3. The van der Waals surface area contributed by atoms with E-state index in [0.29, 0.717) is 17.3 Å². The van der Waals surface area contributed by atoms with Crippen LogP contribution in [0.25, 0.3) is 0 Å². The minimum atomic E-state index is -0.344. The van der Waals surface area contributed by atoms with Gasteiger partial charge < -0.3 is 5.11 Å². The normalized spacial score (nSPS) is 25.5. The van der Waals surface area contributed by atoms with Crippen LogP contribution in [0.3, 0.4) is 0 Å². The van der Waals surface area contributed by atoms with Crippen molar-refractivity contribution in [2.24, 2.45) is 23.2 Å². The van der Waals surface area contributed by atoms with Gasteiger partial charge in [0.1, 0.15) is 0 Å². The van der Waals surface area contributed by atoms with E-state index < -0.39 is 0 Å². The van der Waals surface area contributed by atoms with Crippen molar-refractivity contribution in [2.45, 2.75) is 140 Å². The molecule has 0 amide bonds. The van der Waals surface area contributed by atoms with E-state index in [0.717, 1.165) is 30.8 Å². The molecule has 4 unspecified atom stereocenters. The number of allylic oxidation sites excluding steroid dienone is 4. The van der Waals surface area contributed by atoms with E-state index in [-0.39, 0.29) is 13.5 Å². The molecule has 1 nitrogen and oxygen atoms in total. The monoisotopic (exact) mass is 553 g/mol. The number of benzene rings is 1. The quantitative estimate of drug-likeness (QED) is 0.318. The summed E-state index contributed by atoms with van der Waals surface area (Å²) in [6.45, 7) is 27.4. The van der Waals surface area contributed by atoms with Crippen LogP contribution in [0.2, 0.25) is 0 Å². The molecule has 0 aromatic heterocycles. The van der Waals surface area contributed by atoms with Crippen LogP contribution < -0.4 is 0 Å². The molecule has 1 aromatic carbocycles. The van der Waals surface area contributed by atoms with Gasteiger partial charge in [-0.15, -0.1) is 6.58 Å². The fraction of sp³-hybridized carbons (Fsp3) is 0.641. The number of hydrogen-bond donors (Lipinski definition) is 1. The first kappa shape index (κ1) is 40.3. The third kappa shape index (κ3) is 12.3. The highest BCUT2D eigenvalue weighted by molar-refractivity contribution is 5.37. The van der Waals surface area contributed by atoms with Crippen LogP contribution in [0.5, 0.6) is 0 Å². The Hall–Kier alpha value is -1.86. The van der Waals surface area contributed by atoms with E-state index in [1.54, 1.807) is 11.6 Å². The number of aliphatic hydroxyl groups is 1. The number of aryl methyl sites for hydroxylation is 1. The van der Waals surface area contributed by atoms with Crippen LogP contribution in [-0.2, 0) is 6.42 Å². The van der Waals surface area contributed by atoms with Crippen LogP contribution in [-0.4, -0.2) is 11.2 Å². The van der Waals surface area contributed by atoms with Crippen LogP contribution in [0.15, 0.2) is 78.4 Å². The highest BCUT2D eigenvalue weighted by Gasteiger charge is 2.43. The Morgan fingerprint density at radius 3 is 2.20 bits per heavy atom. The van der Waals surface area contributed by atoms with Gasteiger partial charge in [-0.05, 0) is 105 Å². The highest BCUT2D eigenvalue weighted by Crippen LogP contribution is 2.53. The summed E-state index contributed by atoms with van der Waals surface area (Å²) in [4.78, 5) is 0. The van der Waals surface area contributed by atoms with Crippen molar-refractivity contribution in [1.29, 1.82) is 0 Å². The zero-order chi connectivity index (χ0) is 29.8. The molecule has 1 heteroatoms. The molecule has 5 atom stereocenters. The van der Waals surface area contributed by atoms with Crippen molar-refractivity contribution in [3.05, 3.63) is 84.0 Å². The maximum absolute atomic E-state index is 10.2. The molecule has 1 N–H and O–H groups in total. The topological polar surface area (TPSA) is 20.2 Å². The second kappa shape index (κ2) is 22.8. The van der Waals surface area contributed by atoms with Gasteiger partial charge in [0.25, 0.3) is 0 Å². The Kier molecular flexibility index (Phi) is 22.9. The van der Waals surface area contributed by atoms with E-state index >= 15 is 0 Å². The van der Waals surface area contributed by atoms with Gasteiger partial charge in [0, 0.05) is 0 Å². The molecule has 230 valence electrons. The Labute approximate surface area is 252 Å². The highest BCUT2D eigenvalue weighted by atomic mass is 16.3. The third-order valence-electron chi connectivity index (χ3n) is 8.93. The molecule has 0 radical (unpaired) electrons. The SMILES string of the molecule is C.C=C1/C(=C\C=C2/CCCC(C)(C(C)[C@H](C)CCCc3ccccc3)C2CC)CCCC1O.C=CC.CC.CC. The molecule has 0 saturated heterocycles. The molecule has 2 aliphatic carbocycles. The van der Waals surface area contributed by atoms with Gasteiger partial charge in [-0.1, -0.05) is 130 Å². The molecule has 2 fully saturated rings. The van der Waals surface area contributed by atoms with Gasteiger partial charge >= 0.3 is 0 Å². The van der Waals surface area contributed by atoms with E-state index in [1.165, 1.54) is 56.1 Å². The molecule has 0 bridgehead atoms. The Balaban J connectivity index is 0. The van der Waals surface area contributed by atoms with Crippen LogP contribution in [0, 0.1) is 23.2 Å². The van der Waals surface area contributed by atoms with Crippen molar-refractivity contribution in [3.63, 3.8) is 0 Å². The standard InChI is InChI=1S/C31H46O.C3H6.2C2H6.CH4/c1-6-29-28(21-20-27-17-11-19-30(32)24(27)3)18-12-22-31(29,5)25(4)23(2)13-10-16-26-14-8-7-9-15-26;1-3-2;2*1-2;/h7-9,14-15,20-21,23,25,29-30,32H,3,6,10-13,16-19,22H2,1-2,4-5H3;3H,1H2,2H3;2*1-2H3;1H4/b27-20-,28-21+;;;;/t23-,25?,29?,30?,31?;;;;/m1..../s1. The Morgan fingerprint density at radius 1 is 1.02 bits per heavy atom. The first-order chi connectivity index (χ1) is 18.8. The summed E-state index contributed by atoms with van der Waals surface area (Å²) in [7, 11) is 0. The Bertz CT molecular complexity index is 845. The fourth-order valence-corrected chi connectivity index (χ4v) is 6.52. The summed E-state index contributed by atoms with van der Waals surface area (Å²) in [6, 6.07) is 10.9. The van der Waals surface area contributed by atoms with Gasteiger partial charge in [0.05, 0.1) is 6.10 Å². The minimum absolute atomic E-state index is 0. The van der Waals surface area contributed by atoms with Crippen molar-refractivity contribution >= 4 is 0 Å². The zero-order valence-corrected chi connectivity index (χ0v) is 27.4. The summed E-state index contributed by atoms with van der Waals surface area (Å²) in [5, 5.41) is 10.2. The van der Waals surface area contributed by atoms with Crippen molar-refractivity contribution in [1.82, 2.24) is 0 Å². The molecule has 2 aliphatic rings. The summed E-state index contributed by atoms with van der Waals surface area (Å²) < 4.78 is 0. The van der Waals surface area contributed by atoms with Gasteiger partial charge in [0.2, 0.25) is 0 Å². The van der Waals surface area contributed by atoms with E-state index in [1.807, 2.05) is 34.6 Å². The molecule has 3 rings (SSSR count). The molecule has 2 saturated carbocycles. The smallest absolute Gasteiger partial charge is 0.0787 e. The van der Waals surface area contributed by atoms with Gasteiger partial charge in [-0.25, -0.2) is 0 Å². The maximum atomic E-state index is 10.2. The molecular formula is C39H68O. The first-order valence-electron chi connectivity index (χ1n) is 16.2. The average Bonchev–Trinajstić information content (AvgIpc) is 2.96. The largest absolute Gasteiger partial charge is 0.388 e. The number of rotatable bonds is 8. The lowest BCUT2D eigenvalue weighted by Gasteiger charge is -2.49. The summed E-state index contributed by atoms with van der Waals surface area (Å²) in [5.41, 5.74) is 5.67. The van der Waals surface area contributed by atoms with E-state index in [2.05, 4.69) is 83.3 Å². The van der Waals surface area contributed by atoms with Crippen LogP contribution in [0.4, 0.5) is 0 Å². The summed E-state index contributed by atoms with van der Waals surface area (Å²) in [5.74, 6) is 2.11. The lowest BCUT2D eigenvalue weighted by atomic mass is 9.56. The van der Waals surface area contributed by atoms with Crippen LogP contribution >= 0.6 is 0 Å². The number of hydrogen-bond acceptors (Lipinski definition) is 1. The van der Waals surface area contributed by atoms with E-state index in [4.69, 9.17) is 0 Å². The molecule has 0 aliphatic heterocycles. The van der Waals surface area contributed by atoms with Crippen molar-refractivity contribution in [2.75, 3.05) is 0 Å². The second-order valence-electron chi connectivity index (χ2n) is 11.2. The van der Waals surface area contributed by atoms with Crippen LogP contribution in [0.1, 0.15) is 133 Å². The first-order valence-corrected chi connectivity index (χ1v) is 16.2. The second-order valence-corrected chi connectivity index (χ2v) is 11.2. The Morgan fingerprint density at radius 2 is 1.62 bits per heavy atom. The van der Waals surface area contributed by atoms with Crippen molar-refractivity contribution < 1.29 is 5.11 Å². The minimum Gasteiger partial charge on any atom is -0.388 e. The van der Waals surface area contributed by atoms with Crippen molar-refractivity contribution in [3.8, 4) is 0 Å². The third-order valence-corrected chi connectivity index (χ3v) is 8.93. The lowest BCUT2D eigenvalue weighted by molar-refractivity contribution is 0.0483. The molecule has 40 heavy (non-hydrogen) atoms. The summed E-state index contributed by atoms with van der Waals surface area (Å²) >= 11 is 0.